The fraction of sp³-hybridized carbons (Fsp3) is 0.667. The highest BCUT2D eigenvalue weighted by Crippen LogP contribution is 2.25. The van der Waals surface area contributed by atoms with E-state index in [4.69, 9.17) is 0 Å². The highest BCUT2D eigenvalue weighted by molar-refractivity contribution is 5.03. The zero-order valence-electron chi connectivity index (χ0n) is 9.99. The largest absolute Gasteiger partial charge is 0.385 e. The number of nitrogens with zero attached hydrogens (tertiary/aromatic N) is 2. The van der Waals surface area contributed by atoms with Gasteiger partial charge >= 0.3 is 0 Å². The summed E-state index contributed by atoms with van der Waals surface area (Å²) in [5.74, 6) is 0.532. The third kappa shape index (κ3) is 4.38. The van der Waals surface area contributed by atoms with Crippen molar-refractivity contribution in [1.82, 2.24) is 9.97 Å². The zero-order chi connectivity index (χ0) is 11.5. The van der Waals surface area contributed by atoms with Gasteiger partial charge in [0, 0.05) is 12.4 Å². The molecule has 3 nitrogen and oxygen atoms in total. The van der Waals surface area contributed by atoms with Gasteiger partial charge in [0.2, 0.25) is 0 Å². The van der Waals surface area contributed by atoms with E-state index in [1.807, 2.05) is 6.92 Å². The topological polar surface area (TPSA) is 46.0 Å². The first-order valence-electron chi connectivity index (χ1n) is 5.35. The Bertz CT molecular complexity index is 300. The highest BCUT2D eigenvalue weighted by atomic mass is 16.3. The van der Waals surface area contributed by atoms with Crippen LogP contribution in [0.3, 0.4) is 0 Å². The van der Waals surface area contributed by atoms with Gasteiger partial charge in [-0.2, -0.15) is 0 Å². The average molecular weight is 208 g/mol. The molecule has 0 radical (unpaired) electrons. The summed E-state index contributed by atoms with van der Waals surface area (Å²) in [6, 6.07) is 0. The lowest BCUT2D eigenvalue weighted by Gasteiger charge is -2.19. The van der Waals surface area contributed by atoms with Gasteiger partial charge in [0.25, 0.3) is 0 Å². The van der Waals surface area contributed by atoms with Gasteiger partial charge in [0.15, 0.2) is 5.82 Å². The molecule has 0 amide bonds. The second-order valence-corrected chi connectivity index (χ2v) is 5.23. The Morgan fingerprint density at radius 3 is 2.27 bits per heavy atom. The molecule has 84 valence electrons. The SMILES string of the molecule is Cc1cnc(C(O)CCC(C)(C)C)nc1. The highest BCUT2D eigenvalue weighted by Gasteiger charge is 2.16. The normalized spacial score (nSPS) is 13.9. The molecule has 1 N–H and O–H groups in total. The molecule has 1 unspecified atom stereocenters. The smallest absolute Gasteiger partial charge is 0.156 e. The van der Waals surface area contributed by atoms with Gasteiger partial charge in [0.1, 0.15) is 6.10 Å². The van der Waals surface area contributed by atoms with Gasteiger partial charge in [-0.25, -0.2) is 9.97 Å². The minimum Gasteiger partial charge on any atom is -0.385 e. The van der Waals surface area contributed by atoms with Crippen molar-refractivity contribution in [3.63, 3.8) is 0 Å². The van der Waals surface area contributed by atoms with E-state index in [0.29, 0.717) is 12.2 Å². The van der Waals surface area contributed by atoms with Crippen LogP contribution < -0.4 is 0 Å². The molecule has 1 rings (SSSR count). The Balaban J connectivity index is 2.54. The van der Waals surface area contributed by atoms with Crippen molar-refractivity contribution in [2.75, 3.05) is 0 Å². The number of hydrogen-bond donors (Lipinski definition) is 1. The lowest BCUT2D eigenvalue weighted by atomic mass is 9.89. The molecule has 0 spiro atoms. The molecule has 1 aromatic heterocycles. The molecule has 15 heavy (non-hydrogen) atoms. The van der Waals surface area contributed by atoms with Crippen molar-refractivity contribution in [1.29, 1.82) is 0 Å². The maximum atomic E-state index is 9.85. The van der Waals surface area contributed by atoms with Crippen LogP contribution in [0.15, 0.2) is 12.4 Å². The number of hydrogen-bond acceptors (Lipinski definition) is 3. The third-order valence-corrected chi connectivity index (χ3v) is 2.27. The van der Waals surface area contributed by atoms with E-state index in [1.165, 1.54) is 0 Å². The first-order valence-corrected chi connectivity index (χ1v) is 5.35. The van der Waals surface area contributed by atoms with Gasteiger partial charge in [-0.3, -0.25) is 0 Å². The molecule has 3 heteroatoms. The van der Waals surface area contributed by atoms with E-state index in [-0.39, 0.29) is 5.41 Å². The second-order valence-electron chi connectivity index (χ2n) is 5.23. The number of aryl methyl sites for hydroxylation is 1. The minimum atomic E-state index is -0.537. The predicted molar refractivity (Wildman–Crippen MR) is 60.4 cm³/mol. The molecular formula is C12H20N2O. The van der Waals surface area contributed by atoms with E-state index in [2.05, 4.69) is 30.7 Å². The molecule has 0 saturated carbocycles. The molecule has 0 fully saturated rings. The third-order valence-electron chi connectivity index (χ3n) is 2.27. The molecule has 0 saturated heterocycles. The van der Waals surface area contributed by atoms with Crippen molar-refractivity contribution in [3.05, 3.63) is 23.8 Å². The first kappa shape index (κ1) is 12.1. The molecular weight excluding hydrogens is 188 g/mol. The molecule has 1 aromatic rings. The van der Waals surface area contributed by atoms with E-state index in [0.717, 1.165) is 12.0 Å². The number of aromatic nitrogens is 2. The van der Waals surface area contributed by atoms with Crippen LogP contribution in [0.2, 0.25) is 0 Å². The van der Waals surface area contributed by atoms with Crippen molar-refractivity contribution in [2.24, 2.45) is 5.41 Å². The molecule has 0 bridgehead atoms. The van der Waals surface area contributed by atoms with Crippen LogP contribution in [-0.4, -0.2) is 15.1 Å². The summed E-state index contributed by atoms with van der Waals surface area (Å²) in [6.45, 7) is 8.42. The summed E-state index contributed by atoms with van der Waals surface area (Å²) in [7, 11) is 0. The second kappa shape index (κ2) is 4.71. The summed E-state index contributed by atoms with van der Waals surface area (Å²) < 4.78 is 0. The first-order chi connectivity index (χ1) is 6.88. The van der Waals surface area contributed by atoms with Crippen LogP contribution in [0.1, 0.15) is 51.1 Å². The Hall–Kier alpha value is -0.960. The van der Waals surface area contributed by atoms with Gasteiger partial charge in [-0.05, 0) is 30.7 Å². The number of rotatable bonds is 3. The van der Waals surface area contributed by atoms with Crippen molar-refractivity contribution >= 4 is 0 Å². The zero-order valence-corrected chi connectivity index (χ0v) is 9.99. The minimum absolute atomic E-state index is 0.242. The fourth-order valence-electron chi connectivity index (χ4n) is 1.27. The number of aliphatic hydroxyl groups excluding tert-OH is 1. The quantitative estimate of drug-likeness (QED) is 0.830. The van der Waals surface area contributed by atoms with Crippen molar-refractivity contribution < 1.29 is 5.11 Å². The molecule has 0 aliphatic rings. The Morgan fingerprint density at radius 1 is 1.27 bits per heavy atom. The Labute approximate surface area is 91.6 Å². The maximum absolute atomic E-state index is 9.85. The van der Waals surface area contributed by atoms with E-state index in [1.54, 1.807) is 12.4 Å². The van der Waals surface area contributed by atoms with Crippen molar-refractivity contribution in [3.8, 4) is 0 Å². The Morgan fingerprint density at radius 2 is 1.80 bits per heavy atom. The maximum Gasteiger partial charge on any atom is 0.156 e. The van der Waals surface area contributed by atoms with Crippen LogP contribution in [0.25, 0.3) is 0 Å². The summed E-state index contributed by atoms with van der Waals surface area (Å²) in [4.78, 5) is 8.24. The fourth-order valence-corrected chi connectivity index (χ4v) is 1.27. The van der Waals surface area contributed by atoms with Gasteiger partial charge in [-0.15, -0.1) is 0 Å². The van der Waals surface area contributed by atoms with Crippen LogP contribution in [0, 0.1) is 12.3 Å². The summed E-state index contributed by atoms with van der Waals surface area (Å²) in [6.07, 6.45) is 4.62. The van der Waals surface area contributed by atoms with Gasteiger partial charge in [-0.1, -0.05) is 20.8 Å². The van der Waals surface area contributed by atoms with Crippen LogP contribution in [-0.2, 0) is 0 Å². The van der Waals surface area contributed by atoms with Gasteiger partial charge in [0.05, 0.1) is 0 Å². The van der Waals surface area contributed by atoms with Crippen LogP contribution in [0.4, 0.5) is 0 Å². The van der Waals surface area contributed by atoms with Crippen LogP contribution >= 0.6 is 0 Å². The monoisotopic (exact) mass is 208 g/mol. The summed E-state index contributed by atoms with van der Waals surface area (Å²) in [5, 5.41) is 9.85. The lowest BCUT2D eigenvalue weighted by Crippen LogP contribution is -2.10. The lowest BCUT2D eigenvalue weighted by molar-refractivity contribution is 0.139. The van der Waals surface area contributed by atoms with Crippen LogP contribution in [0.5, 0.6) is 0 Å². The molecule has 1 atom stereocenters. The van der Waals surface area contributed by atoms with E-state index >= 15 is 0 Å². The molecule has 1 heterocycles. The summed E-state index contributed by atoms with van der Waals surface area (Å²) in [5.41, 5.74) is 1.26. The summed E-state index contributed by atoms with van der Waals surface area (Å²) >= 11 is 0. The molecule has 0 aliphatic carbocycles. The number of aliphatic hydroxyl groups is 1. The Kier molecular flexibility index (Phi) is 3.80. The predicted octanol–water partition coefficient (Wildman–Crippen LogP) is 2.64. The average Bonchev–Trinajstić information content (AvgIpc) is 2.14. The molecule has 0 aliphatic heterocycles. The van der Waals surface area contributed by atoms with E-state index < -0.39 is 6.10 Å². The van der Waals surface area contributed by atoms with Crippen molar-refractivity contribution in [2.45, 2.75) is 46.6 Å². The standard InChI is InChI=1S/C12H20N2O/c1-9-7-13-11(14-8-9)10(15)5-6-12(2,3)4/h7-8,10,15H,5-6H2,1-4H3. The van der Waals surface area contributed by atoms with E-state index in [9.17, 15) is 5.11 Å². The molecule has 0 aromatic carbocycles. The van der Waals surface area contributed by atoms with Gasteiger partial charge < -0.3 is 5.11 Å².